The number of rotatable bonds is 5. The van der Waals surface area contributed by atoms with Crippen molar-refractivity contribution in [1.29, 1.82) is 0 Å². The van der Waals surface area contributed by atoms with Gasteiger partial charge in [-0.2, -0.15) is 0 Å². The summed E-state index contributed by atoms with van der Waals surface area (Å²) in [6.07, 6.45) is 0. The molecule has 0 aromatic carbocycles. The molecule has 0 spiro atoms. The Labute approximate surface area is 131 Å². The van der Waals surface area contributed by atoms with E-state index in [1.165, 1.54) is 11.8 Å². The summed E-state index contributed by atoms with van der Waals surface area (Å²) < 4.78 is 2.02. The fourth-order valence-corrected chi connectivity index (χ4v) is 3.21. The lowest BCUT2D eigenvalue weighted by Crippen LogP contribution is -2.11. The van der Waals surface area contributed by atoms with Crippen LogP contribution in [0.4, 0.5) is 0 Å². The first kappa shape index (κ1) is 15.6. The quantitative estimate of drug-likeness (QED) is 0.672. The minimum absolute atomic E-state index is 0.244. The maximum absolute atomic E-state index is 6.10. The average molecular weight is 332 g/mol. The third-order valence-electron chi connectivity index (χ3n) is 2.66. The summed E-state index contributed by atoms with van der Waals surface area (Å²) in [5.41, 5.74) is 6.40. The second-order valence-electron chi connectivity index (χ2n) is 4.42. The molecule has 0 bridgehead atoms. The Morgan fingerprint density at radius 1 is 1.30 bits per heavy atom. The summed E-state index contributed by atoms with van der Waals surface area (Å²) in [4.78, 5) is 4.22. The molecule has 8 heteroatoms. The van der Waals surface area contributed by atoms with Crippen LogP contribution in [0.5, 0.6) is 0 Å². The van der Waals surface area contributed by atoms with Crippen LogP contribution in [0.2, 0.25) is 10.2 Å². The maximum atomic E-state index is 6.10. The molecule has 5 nitrogen and oxygen atoms in total. The Bertz CT molecular complexity index is 600. The third-order valence-corrected chi connectivity index (χ3v) is 4.17. The molecule has 0 unspecified atom stereocenters. The van der Waals surface area contributed by atoms with E-state index in [1.807, 2.05) is 4.57 Å². The first-order valence-electron chi connectivity index (χ1n) is 6.10. The Balaban J connectivity index is 2.19. The van der Waals surface area contributed by atoms with Gasteiger partial charge in [-0.25, -0.2) is 4.98 Å². The Morgan fingerprint density at radius 3 is 2.70 bits per heavy atom. The highest BCUT2D eigenvalue weighted by Crippen LogP contribution is 2.27. The molecule has 0 aliphatic carbocycles. The standard InChI is InChI=1S/C12H15Cl2N5S/c1-7(2)19-11(5-15)17-18-12(19)20-6-9-8(13)3-4-10(14)16-9/h3-4,7H,5-6,15H2,1-2H3. The van der Waals surface area contributed by atoms with Crippen molar-refractivity contribution in [3.05, 3.63) is 33.8 Å². The van der Waals surface area contributed by atoms with Crippen molar-refractivity contribution in [2.24, 2.45) is 5.73 Å². The zero-order valence-electron chi connectivity index (χ0n) is 11.2. The molecule has 20 heavy (non-hydrogen) atoms. The number of halogens is 2. The number of aromatic nitrogens is 4. The first-order valence-corrected chi connectivity index (χ1v) is 7.84. The number of nitrogens with two attached hydrogens (primary N) is 1. The SMILES string of the molecule is CC(C)n1c(CN)nnc1SCc1nc(Cl)ccc1Cl. The van der Waals surface area contributed by atoms with Crippen LogP contribution in [0.15, 0.2) is 17.3 Å². The highest BCUT2D eigenvalue weighted by Gasteiger charge is 2.15. The van der Waals surface area contributed by atoms with Crippen LogP contribution in [0, 0.1) is 0 Å². The zero-order valence-corrected chi connectivity index (χ0v) is 13.5. The van der Waals surface area contributed by atoms with Crippen molar-refractivity contribution in [2.75, 3.05) is 0 Å². The van der Waals surface area contributed by atoms with E-state index in [0.717, 1.165) is 16.7 Å². The van der Waals surface area contributed by atoms with E-state index in [9.17, 15) is 0 Å². The van der Waals surface area contributed by atoms with E-state index < -0.39 is 0 Å². The van der Waals surface area contributed by atoms with Crippen molar-refractivity contribution < 1.29 is 0 Å². The molecular formula is C12H15Cl2N5S. The summed E-state index contributed by atoms with van der Waals surface area (Å²) in [5.74, 6) is 1.35. The molecule has 0 amide bonds. The summed E-state index contributed by atoms with van der Waals surface area (Å²) in [5, 5.41) is 10.1. The predicted molar refractivity (Wildman–Crippen MR) is 82.1 cm³/mol. The molecule has 2 heterocycles. The van der Waals surface area contributed by atoms with Gasteiger partial charge in [0.15, 0.2) is 5.16 Å². The van der Waals surface area contributed by atoms with Gasteiger partial charge in [0.1, 0.15) is 11.0 Å². The van der Waals surface area contributed by atoms with Gasteiger partial charge in [-0.3, -0.25) is 0 Å². The summed E-state index contributed by atoms with van der Waals surface area (Å²) in [7, 11) is 0. The molecule has 0 saturated carbocycles. The average Bonchev–Trinajstić information content (AvgIpc) is 2.83. The molecule has 108 valence electrons. The largest absolute Gasteiger partial charge is 0.324 e. The minimum Gasteiger partial charge on any atom is -0.324 e. The highest BCUT2D eigenvalue weighted by molar-refractivity contribution is 7.98. The Hall–Kier alpha value is -0.820. The van der Waals surface area contributed by atoms with Gasteiger partial charge in [-0.05, 0) is 26.0 Å². The zero-order chi connectivity index (χ0) is 14.7. The van der Waals surface area contributed by atoms with E-state index >= 15 is 0 Å². The Morgan fingerprint density at radius 2 is 2.05 bits per heavy atom. The minimum atomic E-state index is 0.244. The summed E-state index contributed by atoms with van der Waals surface area (Å²) in [6.45, 7) is 4.50. The van der Waals surface area contributed by atoms with Crippen molar-refractivity contribution in [1.82, 2.24) is 19.7 Å². The molecule has 2 aromatic rings. The molecule has 2 N–H and O–H groups in total. The summed E-state index contributed by atoms with van der Waals surface area (Å²) >= 11 is 13.5. The van der Waals surface area contributed by atoms with Gasteiger partial charge in [0.2, 0.25) is 0 Å². The monoisotopic (exact) mass is 331 g/mol. The van der Waals surface area contributed by atoms with Crippen LogP contribution in [0.1, 0.15) is 31.4 Å². The van der Waals surface area contributed by atoms with Gasteiger partial charge in [-0.1, -0.05) is 35.0 Å². The predicted octanol–water partition coefficient (Wildman–Crippen LogP) is 3.31. The molecule has 0 radical (unpaired) electrons. The van der Waals surface area contributed by atoms with Gasteiger partial charge in [0, 0.05) is 11.8 Å². The van der Waals surface area contributed by atoms with Crippen LogP contribution in [0.25, 0.3) is 0 Å². The molecular weight excluding hydrogens is 317 g/mol. The van der Waals surface area contributed by atoms with Gasteiger partial charge >= 0.3 is 0 Å². The number of nitrogens with zero attached hydrogens (tertiary/aromatic N) is 4. The molecule has 0 fully saturated rings. The third kappa shape index (κ3) is 3.44. The smallest absolute Gasteiger partial charge is 0.191 e. The van der Waals surface area contributed by atoms with Crippen molar-refractivity contribution in [2.45, 2.75) is 37.3 Å². The van der Waals surface area contributed by atoms with Crippen LogP contribution >= 0.6 is 35.0 Å². The van der Waals surface area contributed by atoms with E-state index in [0.29, 0.717) is 22.5 Å². The number of thioether (sulfide) groups is 1. The number of hydrogen-bond donors (Lipinski definition) is 1. The van der Waals surface area contributed by atoms with Crippen LogP contribution < -0.4 is 5.73 Å². The molecule has 0 aliphatic rings. The van der Waals surface area contributed by atoms with Crippen molar-refractivity contribution in [3.63, 3.8) is 0 Å². The molecule has 0 atom stereocenters. The normalized spacial score (nSPS) is 11.3. The second-order valence-corrected chi connectivity index (χ2v) is 6.15. The molecule has 2 rings (SSSR count). The van der Waals surface area contributed by atoms with Crippen molar-refractivity contribution in [3.8, 4) is 0 Å². The van der Waals surface area contributed by atoms with E-state index in [1.54, 1.807) is 12.1 Å². The van der Waals surface area contributed by atoms with Crippen LogP contribution in [-0.4, -0.2) is 19.7 Å². The number of pyridine rings is 1. The van der Waals surface area contributed by atoms with Gasteiger partial charge in [0.25, 0.3) is 0 Å². The van der Waals surface area contributed by atoms with Gasteiger partial charge in [0.05, 0.1) is 17.3 Å². The lowest BCUT2D eigenvalue weighted by Gasteiger charge is -2.12. The summed E-state index contributed by atoms with van der Waals surface area (Å²) in [6, 6.07) is 3.65. The fourth-order valence-electron chi connectivity index (χ4n) is 1.76. The topological polar surface area (TPSA) is 69.6 Å². The lowest BCUT2D eigenvalue weighted by atomic mass is 10.4. The van der Waals surface area contributed by atoms with E-state index in [2.05, 4.69) is 29.0 Å². The van der Waals surface area contributed by atoms with E-state index in [4.69, 9.17) is 28.9 Å². The van der Waals surface area contributed by atoms with E-state index in [-0.39, 0.29) is 6.04 Å². The van der Waals surface area contributed by atoms with Crippen LogP contribution in [0.3, 0.4) is 0 Å². The van der Waals surface area contributed by atoms with Crippen molar-refractivity contribution >= 4 is 35.0 Å². The molecule has 0 aliphatic heterocycles. The fraction of sp³-hybridized carbons (Fsp3) is 0.417. The first-order chi connectivity index (χ1) is 9.52. The van der Waals surface area contributed by atoms with Gasteiger partial charge in [-0.15, -0.1) is 10.2 Å². The molecule has 0 saturated heterocycles. The maximum Gasteiger partial charge on any atom is 0.191 e. The lowest BCUT2D eigenvalue weighted by molar-refractivity contribution is 0.526. The number of hydrogen-bond acceptors (Lipinski definition) is 5. The highest BCUT2D eigenvalue weighted by atomic mass is 35.5. The van der Waals surface area contributed by atoms with Crippen LogP contribution in [-0.2, 0) is 12.3 Å². The second kappa shape index (κ2) is 6.76. The Kier molecular flexibility index (Phi) is 5.26. The molecule has 2 aromatic heterocycles. The van der Waals surface area contributed by atoms with Gasteiger partial charge < -0.3 is 10.3 Å².